The van der Waals surface area contributed by atoms with Crippen molar-refractivity contribution in [2.45, 2.75) is 19.1 Å². The van der Waals surface area contributed by atoms with Crippen molar-refractivity contribution in [1.29, 1.82) is 0 Å². The van der Waals surface area contributed by atoms with Gasteiger partial charge in [0.25, 0.3) is 0 Å². The summed E-state index contributed by atoms with van der Waals surface area (Å²) in [5.41, 5.74) is -0.170. The Morgan fingerprint density at radius 3 is 2.50 bits per heavy atom. The first-order valence-corrected chi connectivity index (χ1v) is 7.49. The second-order valence-corrected chi connectivity index (χ2v) is 5.87. The molecule has 0 aromatic heterocycles. The summed E-state index contributed by atoms with van der Waals surface area (Å²) >= 11 is 0. The second-order valence-electron chi connectivity index (χ2n) is 5.87. The quantitative estimate of drug-likeness (QED) is 0.838. The van der Waals surface area contributed by atoms with Crippen molar-refractivity contribution in [3.05, 3.63) is 23.8 Å². The number of aliphatic hydroxyl groups excluding tert-OH is 1. The predicted molar refractivity (Wildman–Crippen MR) is 80.9 cm³/mol. The molecule has 0 radical (unpaired) electrons. The largest absolute Gasteiger partial charge is 0.442 e. The summed E-state index contributed by atoms with van der Waals surface area (Å²) in [5.74, 6) is -1.88. The maximum Gasteiger partial charge on any atom is 0.414 e. The maximum atomic E-state index is 14.2. The van der Waals surface area contributed by atoms with Crippen LogP contribution in [0.25, 0.3) is 0 Å². The first kappa shape index (κ1) is 16.4. The molecule has 2 N–H and O–H groups in total. The minimum absolute atomic E-state index is 0.0464. The number of rotatable bonds is 4. The van der Waals surface area contributed by atoms with Crippen LogP contribution in [0.1, 0.15) is 6.92 Å². The van der Waals surface area contributed by atoms with Crippen molar-refractivity contribution >= 4 is 23.4 Å². The van der Waals surface area contributed by atoms with Crippen LogP contribution in [0.5, 0.6) is 0 Å². The van der Waals surface area contributed by atoms with Gasteiger partial charge in [-0.1, -0.05) is 0 Å². The third kappa shape index (κ3) is 3.12. The lowest BCUT2D eigenvalue weighted by molar-refractivity contribution is -0.119. The molecule has 2 saturated heterocycles. The van der Waals surface area contributed by atoms with Crippen molar-refractivity contribution < 1.29 is 28.2 Å². The van der Waals surface area contributed by atoms with E-state index in [0.717, 1.165) is 17.0 Å². The summed E-state index contributed by atoms with van der Waals surface area (Å²) in [7, 11) is 0. The Morgan fingerprint density at radius 1 is 1.33 bits per heavy atom. The van der Waals surface area contributed by atoms with Crippen molar-refractivity contribution in [2.75, 3.05) is 36.0 Å². The van der Waals surface area contributed by atoms with E-state index in [1.54, 1.807) is 0 Å². The third-order valence-corrected chi connectivity index (χ3v) is 3.94. The molecule has 0 unspecified atom stereocenters. The van der Waals surface area contributed by atoms with Crippen LogP contribution in [0.4, 0.5) is 25.0 Å². The molecule has 9 heteroatoms. The lowest BCUT2D eigenvalue weighted by Crippen LogP contribution is -2.51. The molecule has 3 rings (SSSR count). The van der Waals surface area contributed by atoms with Crippen LogP contribution < -0.4 is 15.1 Å². The number of nitrogens with one attached hydrogen (secondary N) is 1. The number of hydrogen-bond acceptors (Lipinski definition) is 5. The fourth-order valence-corrected chi connectivity index (χ4v) is 2.74. The van der Waals surface area contributed by atoms with Gasteiger partial charge >= 0.3 is 6.09 Å². The first-order chi connectivity index (χ1) is 11.3. The minimum Gasteiger partial charge on any atom is -0.442 e. The highest BCUT2D eigenvalue weighted by Gasteiger charge is 2.35. The Morgan fingerprint density at radius 2 is 1.96 bits per heavy atom. The molecule has 0 saturated carbocycles. The highest BCUT2D eigenvalue weighted by Crippen LogP contribution is 2.32. The lowest BCUT2D eigenvalue weighted by atomic mass is 10.1. The Hall–Kier alpha value is -2.42. The summed E-state index contributed by atoms with van der Waals surface area (Å²) < 4.78 is 33.6. The van der Waals surface area contributed by atoms with E-state index in [9.17, 15) is 23.5 Å². The van der Waals surface area contributed by atoms with Gasteiger partial charge in [-0.25, -0.2) is 13.6 Å². The van der Waals surface area contributed by atoms with Gasteiger partial charge in [-0.05, 0) is 0 Å². The maximum absolute atomic E-state index is 14.2. The van der Waals surface area contributed by atoms with Gasteiger partial charge in [-0.3, -0.25) is 9.69 Å². The van der Waals surface area contributed by atoms with E-state index in [2.05, 4.69) is 5.32 Å². The third-order valence-electron chi connectivity index (χ3n) is 3.94. The van der Waals surface area contributed by atoms with Crippen molar-refractivity contribution in [3.8, 4) is 0 Å². The van der Waals surface area contributed by atoms with E-state index in [0.29, 0.717) is 0 Å². The Kier molecular flexibility index (Phi) is 4.27. The van der Waals surface area contributed by atoms with Crippen molar-refractivity contribution in [2.24, 2.45) is 0 Å². The van der Waals surface area contributed by atoms with Crippen LogP contribution in [0.2, 0.25) is 0 Å². The molecule has 1 atom stereocenters. The molecule has 0 aliphatic carbocycles. The summed E-state index contributed by atoms with van der Waals surface area (Å²) in [6.45, 7) is 1.88. The zero-order chi connectivity index (χ0) is 17.4. The Labute approximate surface area is 136 Å². The number of anilines is 2. The molecule has 1 aromatic rings. The molecule has 2 fully saturated rings. The molecule has 0 spiro atoms. The molecule has 24 heavy (non-hydrogen) atoms. The van der Waals surface area contributed by atoms with Gasteiger partial charge in [0.05, 0.1) is 24.9 Å². The number of carbonyl (C=O) groups is 2. The molecule has 0 bridgehead atoms. The van der Waals surface area contributed by atoms with Gasteiger partial charge in [0.15, 0.2) is 11.6 Å². The number of carbonyl (C=O) groups excluding carboxylic acids is 2. The molecule has 7 nitrogen and oxygen atoms in total. The van der Waals surface area contributed by atoms with Crippen molar-refractivity contribution in [1.82, 2.24) is 5.32 Å². The zero-order valence-corrected chi connectivity index (χ0v) is 13.0. The average Bonchev–Trinajstić information content (AvgIpc) is 2.83. The fourth-order valence-electron chi connectivity index (χ4n) is 2.74. The summed E-state index contributed by atoms with van der Waals surface area (Å²) in [6, 6.07) is 2.12. The van der Waals surface area contributed by atoms with Crippen LogP contribution in [-0.4, -0.2) is 55.5 Å². The summed E-state index contributed by atoms with van der Waals surface area (Å²) in [4.78, 5) is 25.3. The smallest absolute Gasteiger partial charge is 0.414 e. The molecule has 2 aliphatic rings. The predicted octanol–water partition coefficient (Wildman–Crippen LogP) is 0.607. The zero-order valence-electron chi connectivity index (χ0n) is 13.0. The molecular weight excluding hydrogens is 324 g/mol. The van der Waals surface area contributed by atoms with Gasteiger partial charge in [0.1, 0.15) is 11.8 Å². The van der Waals surface area contributed by atoms with Crippen LogP contribution in [-0.2, 0) is 9.53 Å². The standard InChI is InChI=1S/C15H17F2N3O4/c1-8(21)18-4-11-7-20(15(23)24-11)9-2-12(16)14(13(17)3-9)19-5-10(22)6-19/h2-3,10-11,22H,4-7H2,1H3,(H,18,21)/t11-/m0/s1. The number of halogens is 2. The first-order valence-electron chi connectivity index (χ1n) is 7.49. The highest BCUT2D eigenvalue weighted by atomic mass is 19.1. The molecular formula is C15H17F2N3O4. The van der Waals surface area contributed by atoms with E-state index in [1.165, 1.54) is 11.8 Å². The van der Waals surface area contributed by atoms with Crippen molar-refractivity contribution in [3.63, 3.8) is 0 Å². The number of benzene rings is 1. The van der Waals surface area contributed by atoms with E-state index in [-0.39, 0.29) is 43.5 Å². The summed E-state index contributed by atoms with van der Waals surface area (Å²) in [6.07, 6.45) is -1.90. The van der Waals surface area contributed by atoms with Gasteiger partial charge in [-0.2, -0.15) is 0 Å². The molecule has 1 aromatic carbocycles. The number of ether oxygens (including phenoxy) is 1. The monoisotopic (exact) mass is 341 g/mol. The number of amides is 2. The lowest BCUT2D eigenvalue weighted by Gasteiger charge is -2.38. The molecule has 2 amide bonds. The topological polar surface area (TPSA) is 82.1 Å². The van der Waals surface area contributed by atoms with Crippen LogP contribution in [0, 0.1) is 11.6 Å². The second kappa shape index (κ2) is 6.23. The SMILES string of the molecule is CC(=O)NC[C@H]1CN(c2cc(F)c(N3CC(O)C3)c(F)c2)C(=O)O1. The van der Waals surface area contributed by atoms with Gasteiger partial charge in [0, 0.05) is 32.1 Å². The Bertz CT molecular complexity index is 656. The number of aliphatic hydroxyl groups is 1. The summed E-state index contributed by atoms with van der Waals surface area (Å²) in [5, 5.41) is 11.8. The van der Waals surface area contributed by atoms with Crippen LogP contribution in [0.3, 0.4) is 0 Å². The number of β-amino-alcohol motifs (C(OH)–C–C–N with tert-alkyl or cyclic N) is 1. The van der Waals surface area contributed by atoms with E-state index < -0.39 is 29.9 Å². The average molecular weight is 341 g/mol. The highest BCUT2D eigenvalue weighted by molar-refractivity contribution is 5.90. The van der Waals surface area contributed by atoms with Crippen LogP contribution in [0.15, 0.2) is 12.1 Å². The van der Waals surface area contributed by atoms with E-state index in [1.807, 2.05) is 0 Å². The van der Waals surface area contributed by atoms with Gasteiger partial charge < -0.3 is 20.1 Å². The van der Waals surface area contributed by atoms with Gasteiger partial charge in [0.2, 0.25) is 5.91 Å². The van der Waals surface area contributed by atoms with Crippen LogP contribution >= 0.6 is 0 Å². The number of nitrogens with zero attached hydrogens (tertiary/aromatic N) is 2. The van der Waals surface area contributed by atoms with E-state index >= 15 is 0 Å². The molecule has 2 heterocycles. The normalized spacial score (nSPS) is 20.8. The fraction of sp³-hybridized carbons (Fsp3) is 0.467. The molecule has 130 valence electrons. The number of cyclic esters (lactones) is 1. The van der Waals surface area contributed by atoms with E-state index in [4.69, 9.17) is 4.74 Å². The molecule has 2 aliphatic heterocycles. The Balaban J connectivity index is 1.75. The minimum atomic E-state index is -0.810. The number of hydrogen-bond donors (Lipinski definition) is 2. The van der Waals surface area contributed by atoms with Gasteiger partial charge in [-0.15, -0.1) is 0 Å².